The number of rotatable bonds is 4. The summed E-state index contributed by atoms with van der Waals surface area (Å²) < 4.78 is 14.0. The van der Waals surface area contributed by atoms with Crippen LogP contribution in [0.2, 0.25) is 5.02 Å². The summed E-state index contributed by atoms with van der Waals surface area (Å²) in [6.45, 7) is 3.34. The first-order chi connectivity index (χ1) is 14.5. The summed E-state index contributed by atoms with van der Waals surface area (Å²) in [5.41, 5.74) is 1.49. The number of aliphatic hydroxyl groups is 1. The lowest BCUT2D eigenvalue weighted by atomic mass is 10.2. The number of hydrogen-bond acceptors (Lipinski definition) is 7. The molecule has 0 aliphatic rings. The zero-order chi connectivity index (χ0) is 21.0. The normalized spacial score (nSPS) is 12.8. The molecule has 0 bridgehead atoms. The molecule has 5 rings (SSSR count). The second-order valence-electron chi connectivity index (χ2n) is 6.99. The maximum Gasteiger partial charge on any atom is 0.293 e. The first-order valence-corrected chi connectivity index (χ1v) is 9.58. The van der Waals surface area contributed by atoms with Crippen LogP contribution >= 0.6 is 11.6 Å². The molecule has 5 aromatic rings. The molecular weight excluding hydrogens is 410 g/mol. The summed E-state index contributed by atoms with van der Waals surface area (Å²) in [4.78, 5) is 22.2. The number of benzene rings is 1. The topological polar surface area (TPSA) is 112 Å². The average Bonchev–Trinajstić information content (AvgIpc) is 3.46. The molecule has 4 heterocycles. The molecule has 0 saturated heterocycles. The maximum absolute atomic E-state index is 13.4. The van der Waals surface area contributed by atoms with Crippen LogP contribution in [0.25, 0.3) is 39.7 Å². The Kier molecular flexibility index (Phi) is 4.23. The van der Waals surface area contributed by atoms with Gasteiger partial charge in [-0.3, -0.25) is 13.8 Å². The Morgan fingerprint density at radius 2 is 2.07 bits per heavy atom. The highest BCUT2D eigenvalue weighted by Gasteiger charge is 2.23. The van der Waals surface area contributed by atoms with Gasteiger partial charge in [-0.25, -0.2) is 4.98 Å². The largest absolute Gasteiger partial charge is 0.456 e. The van der Waals surface area contributed by atoms with Crippen molar-refractivity contribution in [2.24, 2.45) is 0 Å². The van der Waals surface area contributed by atoms with Gasteiger partial charge in [-0.05, 0) is 44.2 Å². The Morgan fingerprint density at radius 3 is 2.80 bits per heavy atom. The summed E-state index contributed by atoms with van der Waals surface area (Å²) in [6, 6.07) is 8.26. The fraction of sp³-hybridized carbons (Fsp3) is 0.200. The van der Waals surface area contributed by atoms with E-state index in [1.807, 2.05) is 6.92 Å². The van der Waals surface area contributed by atoms with Gasteiger partial charge in [-0.2, -0.15) is 4.98 Å². The van der Waals surface area contributed by atoms with E-state index < -0.39 is 6.04 Å². The standard InChI is InChI=1S/C20H16ClN5O4/c1-10(8-27)26-14-7-12(21)4-5-13(14)25-9-22-16(17(25)20(26)28)18-23-19(30-24-18)15-6-3-11(2)29-15/h3-7,9-10,27H,8H2,1-2H3. The van der Waals surface area contributed by atoms with E-state index in [0.717, 1.165) is 0 Å². The van der Waals surface area contributed by atoms with Crippen LogP contribution in [-0.4, -0.2) is 35.8 Å². The smallest absolute Gasteiger partial charge is 0.293 e. The summed E-state index contributed by atoms with van der Waals surface area (Å²) in [7, 11) is 0. The fourth-order valence-electron chi connectivity index (χ4n) is 3.50. The predicted octanol–water partition coefficient (Wildman–Crippen LogP) is 3.47. The Bertz CT molecular complexity index is 1460. The summed E-state index contributed by atoms with van der Waals surface area (Å²) in [5.74, 6) is 1.50. The number of aromatic nitrogens is 5. The first-order valence-electron chi connectivity index (χ1n) is 9.20. The molecule has 1 N–H and O–H groups in total. The van der Waals surface area contributed by atoms with Crippen molar-refractivity contribution in [2.75, 3.05) is 6.61 Å². The zero-order valence-corrected chi connectivity index (χ0v) is 16.8. The Labute approximate surface area is 174 Å². The van der Waals surface area contributed by atoms with Crippen LogP contribution in [0.1, 0.15) is 18.7 Å². The Hall–Kier alpha value is -3.43. The minimum Gasteiger partial charge on any atom is -0.456 e. The molecule has 0 amide bonds. The summed E-state index contributed by atoms with van der Waals surface area (Å²) in [6.07, 6.45) is 1.53. The molecule has 10 heteroatoms. The number of imidazole rings is 1. The lowest BCUT2D eigenvalue weighted by Gasteiger charge is -2.17. The van der Waals surface area contributed by atoms with Gasteiger partial charge in [-0.1, -0.05) is 16.8 Å². The fourth-order valence-corrected chi connectivity index (χ4v) is 3.67. The molecule has 0 fully saturated rings. The van der Waals surface area contributed by atoms with Gasteiger partial charge in [0.1, 0.15) is 23.3 Å². The van der Waals surface area contributed by atoms with Gasteiger partial charge in [0.25, 0.3) is 11.4 Å². The highest BCUT2D eigenvalue weighted by atomic mass is 35.5. The van der Waals surface area contributed by atoms with Crippen molar-refractivity contribution in [1.29, 1.82) is 0 Å². The van der Waals surface area contributed by atoms with Crippen LogP contribution in [0, 0.1) is 6.92 Å². The van der Waals surface area contributed by atoms with Crippen molar-refractivity contribution in [1.82, 2.24) is 24.1 Å². The molecule has 1 unspecified atom stereocenters. The molecule has 4 aromatic heterocycles. The van der Waals surface area contributed by atoms with Gasteiger partial charge in [0.2, 0.25) is 5.82 Å². The van der Waals surface area contributed by atoms with Crippen molar-refractivity contribution < 1.29 is 14.0 Å². The van der Waals surface area contributed by atoms with Crippen LogP contribution in [0.5, 0.6) is 0 Å². The molecule has 0 aliphatic heterocycles. The highest BCUT2D eigenvalue weighted by molar-refractivity contribution is 6.31. The third-order valence-corrected chi connectivity index (χ3v) is 5.17. The summed E-state index contributed by atoms with van der Waals surface area (Å²) in [5, 5.41) is 14.2. The molecule has 0 saturated carbocycles. The number of fused-ring (bicyclic) bond motifs is 3. The molecule has 152 valence electrons. The van der Waals surface area contributed by atoms with E-state index in [1.54, 1.807) is 41.7 Å². The molecule has 9 nitrogen and oxygen atoms in total. The quantitative estimate of drug-likeness (QED) is 0.469. The Morgan fingerprint density at radius 1 is 1.23 bits per heavy atom. The van der Waals surface area contributed by atoms with Gasteiger partial charge >= 0.3 is 0 Å². The van der Waals surface area contributed by atoms with Crippen LogP contribution in [0.3, 0.4) is 0 Å². The van der Waals surface area contributed by atoms with E-state index in [4.69, 9.17) is 20.5 Å². The molecule has 0 radical (unpaired) electrons. The third kappa shape index (κ3) is 2.74. The second kappa shape index (κ2) is 6.82. The molecule has 0 spiro atoms. The molecule has 1 aromatic carbocycles. The molecular formula is C20H16ClN5O4. The van der Waals surface area contributed by atoms with E-state index in [-0.39, 0.29) is 35.1 Å². The van der Waals surface area contributed by atoms with Crippen molar-refractivity contribution >= 4 is 28.2 Å². The first kappa shape index (κ1) is 18.6. The zero-order valence-electron chi connectivity index (χ0n) is 16.0. The van der Waals surface area contributed by atoms with Gasteiger partial charge in [0, 0.05) is 5.02 Å². The minimum atomic E-state index is -0.474. The maximum atomic E-state index is 13.4. The van der Waals surface area contributed by atoms with Crippen molar-refractivity contribution in [2.45, 2.75) is 19.9 Å². The van der Waals surface area contributed by atoms with Crippen LogP contribution in [0.15, 0.2) is 50.4 Å². The predicted molar refractivity (Wildman–Crippen MR) is 109 cm³/mol. The highest BCUT2D eigenvalue weighted by Crippen LogP contribution is 2.28. The van der Waals surface area contributed by atoms with E-state index in [1.165, 1.54) is 10.9 Å². The van der Waals surface area contributed by atoms with Crippen molar-refractivity contribution in [3.63, 3.8) is 0 Å². The Balaban J connectivity index is 1.78. The number of nitrogens with zero attached hydrogens (tertiary/aromatic N) is 5. The van der Waals surface area contributed by atoms with Crippen molar-refractivity contribution in [3.05, 3.63) is 57.8 Å². The van der Waals surface area contributed by atoms with Gasteiger partial charge in [0.05, 0.1) is 23.7 Å². The van der Waals surface area contributed by atoms with E-state index in [0.29, 0.717) is 27.6 Å². The number of hydrogen-bond donors (Lipinski definition) is 1. The lowest BCUT2D eigenvalue weighted by molar-refractivity contribution is 0.239. The van der Waals surface area contributed by atoms with Crippen LogP contribution in [0.4, 0.5) is 0 Å². The third-order valence-electron chi connectivity index (χ3n) is 4.94. The van der Waals surface area contributed by atoms with Crippen molar-refractivity contribution in [3.8, 4) is 23.2 Å². The molecule has 30 heavy (non-hydrogen) atoms. The van der Waals surface area contributed by atoms with E-state index in [2.05, 4.69) is 15.1 Å². The number of halogens is 1. The van der Waals surface area contributed by atoms with Crippen LogP contribution in [-0.2, 0) is 0 Å². The SMILES string of the molecule is Cc1ccc(-c2nc(-c3ncn4c3c(=O)n(C(C)CO)c3cc(Cl)ccc34)no2)o1. The monoisotopic (exact) mass is 425 g/mol. The van der Waals surface area contributed by atoms with Gasteiger partial charge in [-0.15, -0.1) is 0 Å². The number of aliphatic hydroxyl groups excluding tert-OH is 1. The van der Waals surface area contributed by atoms with E-state index in [9.17, 15) is 9.90 Å². The average molecular weight is 426 g/mol. The number of furan rings is 1. The molecule has 0 aliphatic carbocycles. The van der Waals surface area contributed by atoms with Gasteiger partial charge in [0.15, 0.2) is 5.76 Å². The lowest BCUT2D eigenvalue weighted by Crippen LogP contribution is -2.27. The summed E-state index contributed by atoms with van der Waals surface area (Å²) >= 11 is 6.16. The minimum absolute atomic E-state index is 0.162. The van der Waals surface area contributed by atoms with Crippen LogP contribution < -0.4 is 5.56 Å². The van der Waals surface area contributed by atoms with E-state index >= 15 is 0 Å². The molecule has 1 atom stereocenters. The second-order valence-corrected chi connectivity index (χ2v) is 7.42. The van der Waals surface area contributed by atoms with Gasteiger partial charge < -0.3 is 14.0 Å². The number of aryl methyl sites for hydroxylation is 1.